The van der Waals surface area contributed by atoms with E-state index in [1.54, 1.807) is 6.08 Å². The summed E-state index contributed by atoms with van der Waals surface area (Å²) >= 11 is 0. The predicted octanol–water partition coefficient (Wildman–Crippen LogP) is 1.37. The Morgan fingerprint density at radius 3 is 2.68 bits per heavy atom. The summed E-state index contributed by atoms with van der Waals surface area (Å²) in [5.41, 5.74) is 4.20. The van der Waals surface area contributed by atoms with E-state index in [9.17, 15) is 4.79 Å². The molecular weight excluding hydrogens is 229 g/mol. The molecule has 3 rings (SSSR count). The molecule has 0 heterocycles. The first-order chi connectivity index (χ1) is 9.27. The van der Waals surface area contributed by atoms with E-state index in [1.807, 2.05) is 36.4 Å². The molecule has 2 aliphatic carbocycles. The molecule has 4 heteroatoms. The Morgan fingerprint density at radius 1 is 1.21 bits per heavy atom. The first-order valence-corrected chi connectivity index (χ1v) is 7.02. The first kappa shape index (κ1) is 13.7. The van der Waals surface area contributed by atoms with Crippen LogP contribution in [0, 0.1) is 0 Å². The Kier molecular flexibility index (Phi) is 4.67. The van der Waals surface area contributed by atoms with E-state index in [-0.39, 0.29) is 5.78 Å². The number of hydrogen-bond acceptors (Lipinski definition) is 1. The molecule has 0 spiro atoms. The van der Waals surface area contributed by atoms with Crippen LogP contribution >= 0.6 is 0 Å². The Balaban J connectivity index is 0.000000232. The Bertz CT molecular complexity index is 569. The summed E-state index contributed by atoms with van der Waals surface area (Å²) < 4.78 is 0. The van der Waals surface area contributed by atoms with Crippen molar-refractivity contribution in [2.24, 2.45) is 0 Å². The van der Waals surface area contributed by atoms with Crippen molar-refractivity contribution in [3.63, 3.8) is 0 Å². The molecule has 0 saturated carbocycles. The number of carbonyl (C=O) groups excluding carboxylic acids is 1. The molecule has 1 nitrogen and oxygen atoms in total. The van der Waals surface area contributed by atoms with Crippen molar-refractivity contribution in [2.45, 2.75) is 13.2 Å². The van der Waals surface area contributed by atoms with Gasteiger partial charge in [0.2, 0.25) is 0 Å². The number of hydrogen-bond donors (Lipinski definition) is 0. The summed E-state index contributed by atoms with van der Waals surface area (Å²) in [6.45, 7) is 2.21. The highest BCUT2D eigenvalue weighted by Crippen LogP contribution is 2.37. The molecule has 0 fully saturated rings. The third-order valence-electron chi connectivity index (χ3n) is 3.32. The Hall–Kier alpha value is -1.70. The topological polar surface area (TPSA) is 17.1 Å². The maximum absolute atomic E-state index is 11.5. The second-order valence-corrected chi connectivity index (χ2v) is 4.80. The van der Waals surface area contributed by atoms with Gasteiger partial charge in [-0.1, -0.05) is 49.7 Å². The summed E-state index contributed by atoms with van der Waals surface area (Å²) in [7, 11) is 4.94. The molecule has 0 aliphatic heterocycles. The van der Waals surface area contributed by atoms with Crippen LogP contribution in [0.15, 0.2) is 48.1 Å². The van der Waals surface area contributed by atoms with Crippen molar-refractivity contribution in [1.82, 2.24) is 0 Å². The van der Waals surface area contributed by atoms with Crippen LogP contribution in [-0.4, -0.2) is 27.8 Å². The summed E-state index contributed by atoms with van der Waals surface area (Å²) in [6.07, 6.45) is 8.74. The molecule has 0 saturated heterocycles. The zero-order valence-corrected chi connectivity index (χ0v) is 11.6. The molecule has 1 aromatic rings. The SMILES string of the molecule is BBBCC.O=C1C=CC=C2C1=Cc1ccccc12. The van der Waals surface area contributed by atoms with Crippen molar-refractivity contribution < 1.29 is 4.79 Å². The van der Waals surface area contributed by atoms with Gasteiger partial charge in [0.15, 0.2) is 5.78 Å². The van der Waals surface area contributed by atoms with Gasteiger partial charge in [-0.15, -0.1) is 0 Å². The quantitative estimate of drug-likeness (QED) is 0.720. The van der Waals surface area contributed by atoms with Gasteiger partial charge in [0.05, 0.1) is 22.0 Å². The van der Waals surface area contributed by atoms with Gasteiger partial charge in [0, 0.05) is 5.57 Å². The number of benzene rings is 1. The molecule has 0 amide bonds. The Morgan fingerprint density at radius 2 is 2.00 bits per heavy atom. The molecule has 92 valence electrons. The molecule has 0 aromatic heterocycles. The maximum Gasteiger partial charge on any atom is 0.186 e. The van der Waals surface area contributed by atoms with Crippen molar-refractivity contribution in [2.75, 3.05) is 0 Å². The standard InChI is InChI=1S/C13H8O.C2H9B3/c14-13-7-3-6-11-10-5-2-1-4-9(10)8-12(11)13;1-2-4-5-3/h1-8H;4-5H,2-3H2,1H3. The van der Waals surface area contributed by atoms with E-state index in [1.165, 1.54) is 26.1 Å². The minimum atomic E-state index is 0.110. The van der Waals surface area contributed by atoms with Crippen LogP contribution in [-0.2, 0) is 4.79 Å². The van der Waals surface area contributed by atoms with Crippen LogP contribution in [0.1, 0.15) is 18.1 Å². The summed E-state index contributed by atoms with van der Waals surface area (Å²) in [4.78, 5) is 11.5. The summed E-state index contributed by atoms with van der Waals surface area (Å²) in [5.74, 6) is 0.110. The Labute approximate surface area is 117 Å². The van der Waals surface area contributed by atoms with E-state index >= 15 is 0 Å². The molecule has 0 radical (unpaired) electrons. The van der Waals surface area contributed by atoms with Crippen molar-refractivity contribution in [3.05, 3.63) is 59.2 Å². The first-order valence-electron chi connectivity index (χ1n) is 7.02. The minimum absolute atomic E-state index is 0.110. The number of rotatable bonds is 2. The smallest absolute Gasteiger partial charge is 0.186 e. The van der Waals surface area contributed by atoms with Gasteiger partial charge in [0.1, 0.15) is 0 Å². The van der Waals surface area contributed by atoms with E-state index < -0.39 is 0 Å². The molecule has 0 N–H and O–H groups in total. The number of allylic oxidation sites excluding steroid dienone is 5. The van der Waals surface area contributed by atoms with Crippen LogP contribution in [0.2, 0.25) is 6.32 Å². The molecule has 0 unspecified atom stereocenters. The molecule has 0 bridgehead atoms. The maximum atomic E-state index is 11.5. The van der Waals surface area contributed by atoms with Crippen LogP contribution in [0.5, 0.6) is 0 Å². The zero-order valence-electron chi connectivity index (χ0n) is 11.6. The highest BCUT2D eigenvalue weighted by Gasteiger charge is 2.23. The molecule has 1 aromatic carbocycles. The predicted molar refractivity (Wildman–Crippen MR) is 89.9 cm³/mol. The van der Waals surface area contributed by atoms with Gasteiger partial charge in [-0.3, -0.25) is 4.79 Å². The van der Waals surface area contributed by atoms with Gasteiger partial charge < -0.3 is 0 Å². The molecule has 0 atom stereocenters. The van der Waals surface area contributed by atoms with Crippen LogP contribution in [0.3, 0.4) is 0 Å². The lowest BCUT2D eigenvalue weighted by Gasteiger charge is -2.06. The molecular formula is C15H17B3O. The fourth-order valence-corrected chi connectivity index (χ4v) is 2.30. The zero-order chi connectivity index (χ0) is 13.7. The monoisotopic (exact) mass is 246 g/mol. The van der Waals surface area contributed by atoms with Crippen LogP contribution in [0.25, 0.3) is 11.6 Å². The minimum Gasteiger partial charge on any atom is -0.289 e. The van der Waals surface area contributed by atoms with Crippen LogP contribution < -0.4 is 0 Å². The fourth-order valence-electron chi connectivity index (χ4n) is 2.30. The third kappa shape index (κ3) is 3.01. The highest BCUT2D eigenvalue weighted by atomic mass is 16.1. The number of fused-ring (bicyclic) bond motifs is 3. The lowest BCUT2D eigenvalue weighted by atomic mass is 9.27. The van der Waals surface area contributed by atoms with E-state index in [4.69, 9.17) is 0 Å². The molecule has 19 heavy (non-hydrogen) atoms. The molecule has 2 aliphatic rings. The second kappa shape index (κ2) is 6.47. The summed E-state index contributed by atoms with van der Waals surface area (Å²) in [6, 6.07) is 8.08. The van der Waals surface area contributed by atoms with Crippen LogP contribution in [0.4, 0.5) is 0 Å². The largest absolute Gasteiger partial charge is 0.289 e. The van der Waals surface area contributed by atoms with Crippen molar-refractivity contribution in [1.29, 1.82) is 0 Å². The van der Waals surface area contributed by atoms with Gasteiger partial charge in [0.25, 0.3) is 0 Å². The highest BCUT2D eigenvalue weighted by molar-refractivity contribution is 7.23. The average molecular weight is 246 g/mol. The lowest BCUT2D eigenvalue weighted by molar-refractivity contribution is -0.110. The average Bonchev–Trinajstić information content (AvgIpc) is 2.81. The fraction of sp³-hybridized carbons (Fsp3) is 0.133. The van der Waals surface area contributed by atoms with Gasteiger partial charge >= 0.3 is 0 Å². The van der Waals surface area contributed by atoms with Gasteiger partial charge in [-0.2, -0.15) is 0 Å². The van der Waals surface area contributed by atoms with E-state index in [2.05, 4.69) is 20.7 Å². The number of carbonyl (C=O) groups is 1. The van der Waals surface area contributed by atoms with E-state index in [0.717, 1.165) is 16.7 Å². The van der Waals surface area contributed by atoms with Gasteiger partial charge in [-0.05, 0) is 28.9 Å². The normalized spacial score (nSPS) is 14.5. The second-order valence-electron chi connectivity index (χ2n) is 4.80. The lowest BCUT2D eigenvalue weighted by Crippen LogP contribution is -2.00. The third-order valence-corrected chi connectivity index (χ3v) is 3.32. The number of ketones is 1. The van der Waals surface area contributed by atoms with Crippen molar-refractivity contribution in [3.8, 4) is 0 Å². The van der Waals surface area contributed by atoms with Crippen molar-refractivity contribution >= 4 is 39.4 Å². The summed E-state index contributed by atoms with van der Waals surface area (Å²) in [5, 5.41) is 0. The van der Waals surface area contributed by atoms with E-state index in [0.29, 0.717) is 0 Å². The van der Waals surface area contributed by atoms with Gasteiger partial charge in [-0.25, -0.2) is 0 Å².